The second-order valence-electron chi connectivity index (χ2n) is 3.90. The van der Waals surface area contributed by atoms with Gasteiger partial charge in [0.05, 0.1) is 6.10 Å². The van der Waals surface area contributed by atoms with Gasteiger partial charge in [0.1, 0.15) is 0 Å². The first kappa shape index (κ1) is 9.75. The van der Waals surface area contributed by atoms with Crippen molar-refractivity contribution in [1.29, 1.82) is 0 Å². The first-order valence-electron chi connectivity index (χ1n) is 4.71. The van der Waals surface area contributed by atoms with E-state index in [4.69, 9.17) is 0 Å². The smallest absolute Gasteiger partial charge is 0.0727 e. The van der Waals surface area contributed by atoms with Gasteiger partial charge < -0.3 is 10.4 Å². The first-order chi connectivity index (χ1) is 5.61. The van der Waals surface area contributed by atoms with E-state index < -0.39 is 0 Å². The molecule has 0 amide bonds. The molecular weight excluding hydrogens is 150 g/mol. The highest BCUT2D eigenvalue weighted by molar-refractivity contribution is 5.10. The van der Waals surface area contributed by atoms with Gasteiger partial charge in [0, 0.05) is 12.6 Å². The van der Waals surface area contributed by atoms with Crippen molar-refractivity contribution in [2.75, 3.05) is 6.54 Å². The monoisotopic (exact) mass is 169 g/mol. The van der Waals surface area contributed by atoms with Crippen LogP contribution in [0, 0.1) is 5.92 Å². The van der Waals surface area contributed by atoms with Crippen molar-refractivity contribution >= 4 is 0 Å². The van der Waals surface area contributed by atoms with Crippen molar-refractivity contribution in [3.05, 3.63) is 11.6 Å². The Labute approximate surface area is 74.7 Å². The molecule has 0 fully saturated rings. The average Bonchev–Trinajstić information content (AvgIpc) is 2.15. The molecule has 12 heavy (non-hydrogen) atoms. The fraction of sp³-hybridized carbons (Fsp3) is 0.800. The zero-order valence-electron chi connectivity index (χ0n) is 8.17. The average molecular weight is 169 g/mol. The van der Waals surface area contributed by atoms with Gasteiger partial charge in [0.15, 0.2) is 0 Å². The molecule has 0 aromatic heterocycles. The third-order valence-corrected chi connectivity index (χ3v) is 2.57. The second-order valence-corrected chi connectivity index (χ2v) is 3.90. The number of hydrogen-bond donors (Lipinski definition) is 2. The summed E-state index contributed by atoms with van der Waals surface area (Å²) in [4.78, 5) is 0. The molecule has 2 atom stereocenters. The lowest BCUT2D eigenvalue weighted by Gasteiger charge is -2.18. The van der Waals surface area contributed by atoms with Crippen LogP contribution < -0.4 is 5.32 Å². The molecule has 2 N–H and O–H groups in total. The van der Waals surface area contributed by atoms with Crippen molar-refractivity contribution in [3.63, 3.8) is 0 Å². The highest BCUT2D eigenvalue weighted by Crippen LogP contribution is 2.19. The van der Waals surface area contributed by atoms with Gasteiger partial charge >= 0.3 is 0 Å². The molecule has 0 spiro atoms. The third-order valence-electron chi connectivity index (χ3n) is 2.57. The van der Waals surface area contributed by atoms with Crippen LogP contribution in [0.15, 0.2) is 11.6 Å². The van der Waals surface area contributed by atoms with E-state index >= 15 is 0 Å². The Morgan fingerprint density at radius 3 is 2.83 bits per heavy atom. The third kappa shape index (κ3) is 2.32. The minimum atomic E-state index is -0.221. The Morgan fingerprint density at radius 2 is 2.25 bits per heavy atom. The summed E-state index contributed by atoms with van der Waals surface area (Å²) in [6, 6.07) is 0.220. The van der Waals surface area contributed by atoms with E-state index in [0.717, 1.165) is 13.0 Å². The molecule has 0 saturated heterocycles. The quantitative estimate of drug-likeness (QED) is 0.580. The van der Waals surface area contributed by atoms with Gasteiger partial charge in [-0.05, 0) is 19.3 Å². The summed E-state index contributed by atoms with van der Waals surface area (Å²) in [5, 5.41) is 12.9. The molecule has 2 heteroatoms. The Kier molecular flexibility index (Phi) is 3.29. The minimum Gasteiger partial charge on any atom is -0.391 e. The van der Waals surface area contributed by atoms with Gasteiger partial charge in [-0.3, -0.25) is 0 Å². The highest BCUT2D eigenvalue weighted by atomic mass is 16.3. The maximum absolute atomic E-state index is 9.67. The van der Waals surface area contributed by atoms with Crippen molar-refractivity contribution < 1.29 is 5.11 Å². The first-order valence-corrected chi connectivity index (χ1v) is 4.71. The summed E-state index contributed by atoms with van der Waals surface area (Å²) in [7, 11) is 0. The molecule has 0 aromatic carbocycles. The van der Waals surface area contributed by atoms with E-state index in [9.17, 15) is 5.11 Å². The zero-order chi connectivity index (χ0) is 9.14. The van der Waals surface area contributed by atoms with Gasteiger partial charge in [-0.2, -0.15) is 0 Å². The second kappa shape index (κ2) is 4.06. The van der Waals surface area contributed by atoms with Crippen molar-refractivity contribution in [3.8, 4) is 0 Å². The van der Waals surface area contributed by atoms with E-state index in [1.54, 1.807) is 0 Å². The normalized spacial score (nSPS) is 31.6. The van der Waals surface area contributed by atoms with E-state index in [0.29, 0.717) is 5.92 Å². The van der Waals surface area contributed by atoms with Gasteiger partial charge in [0.2, 0.25) is 0 Å². The number of aliphatic hydroxyl groups is 1. The summed E-state index contributed by atoms with van der Waals surface area (Å²) in [6.45, 7) is 7.27. The van der Waals surface area contributed by atoms with Crippen molar-refractivity contribution in [2.24, 2.45) is 5.92 Å². The Balaban J connectivity index is 2.60. The number of aliphatic hydroxyl groups excluding tert-OH is 1. The molecule has 1 heterocycles. The fourth-order valence-corrected chi connectivity index (χ4v) is 1.48. The number of nitrogens with one attached hydrogen (secondary N) is 1. The van der Waals surface area contributed by atoms with Crippen LogP contribution >= 0.6 is 0 Å². The van der Waals surface area contributed by atoms with E-state index in [-0.39, 0.29) is 12.1 Å². The molecule has 0 saturated carbocycles. The van der Waals surface area contributed by atoms with Crippen molar-refractivity contribution in [2.45, 2.75) is 39.3 Å². The van der Waals surface area contributed by atoms with Gasteiger partial charge in [-0.1, -0.05) is 25.5 Å². The summed E-state index contributed by atoms with van der Waals surface area (Å²) in [6.07, 6.45) is 2.81. The molecule has 0 aromatic rings. The summed E-state index contributed by atoms with van der Waals surface area (Å²) < 4.78 is 0. The van der Waals surface area contributed by atoms with Crippen LogP contribution in [-0.2, 0) is 0 Å². The number of hydrogen-bond acceptors (Lipinski definition) is 2. The lowest BCUT2D eigenvalue weighted by Crippen LogP contribution is -2.35. The minimum absolute atomic E-state index is 0.220. The van der Waals surface area contributed by atoms with Gasteiger partial charge in [-0.25, -0.2) is 0 Å². The van der Waals surface area contributed by atoms with Crippen LogP contribution in [0.4, 0.5) is 0 Å². The Hall–Kier alpha value is -0.340. The lowest BCUT2D eigenvalue weighted by atomic mass is 9.96. The highest BCUT2D eigenvalue weighted by Gasteiger charge is 2.19. The summed E-state index contributed by atoms with van der Waals surface area (Å²) in [5.74, 6) is 0.562. The molecule has 0 unspecified atom stereocenters. The topological polar surface area (TPSA) is 32.3 Å². The van der Waals surface area contributed by atoms with Gasteiger partial charge in [0.25, 0.3) is 0 Å². The van der Waals surface area contributed by atoms with Crippen LogP contribution in [-0.4, -0.2) is 23.8 Å². The predicted molar refractivity (Wildman–Crippen MR) is 51.0 cm³/mol. The number of rotatable bonds is 1. The zero-order valence-corrected chi connectivity index (χ0v) is 8.17. The van der Waals surface area contributed by atoms with Crippen LogP contribution in [0.25, 0.3) is 0 Å². The Bertz CT molecular complexity index is 175. The maximum Gasteiger partial charge on any atom is 0.0727 e. The van der Waals surface area contributed by atoms with Crippen LogP contribution in [0.1, 0.15) is 27.2 Å². The molecule has 0 radical (unpaired) electrons. The Morgan fingerprint density at radius 1 is 1.58 bits per heavy atom. The SMILES string of the molecule is CC(C)C1=CCN[C@@H](C)[C@H](O)C1. The standard InChI is InChI=1S/C10H19NO/c1-7(2)9-4-5-11-8(3)10(12)6-9/h4,7-8,10-12H,5-6H2,1-3H3/t8-,10+/m0/s1. The molecule has 2 nitrogen and oxygen atoms in total. The van der Waals surface area contributed by atoms with Crippen LogP contribution in [0.3, 0.4) is 0 Å². The molecule has 70 valence electrons. The molecule has 1 rings (SSSR count). The maximum atomic E-state index is 9.67. The van der Waals surface area contributed by atoms with Crippen LogP contribution in [0.2, 0.25) is 0 Å². The largest absolute Gasteiger partial charge is 0.391 e. The predicted octanol–water partition coefficient (Wildman–Crippen LogP) is 1.31. The summed E-state index contributed by atoms with van der Waals surface area (Å²) >= 11 is 0. The lowest BCUT2D eigenvalue weighted by molar-refractivity contribution is 0.137. The van der Waals surface area contributed by atoms with Gasteiger partial charge in [-0.15, -0.1) is 0 Å². The van der Waals surface area contributed by atoms with E-state index in [1.807, 2.05) is 6.92 Å². The molecule has 1 aliphatic rings. The molecule has 1 aliphatic heterocycles. The fourth-order valence-electron chi connectivity index (χ4n) is 1.48. The molecule has 0 bridgehead atoms. The van der Waals surface area contributed by atoms with Crippen LogP contribution in [0.5, 0.6) is 0 Å². The van der Waals surface area contributed by atoms with Crippen molar-refractivity contribution in [1.82, 2.24) is 5.32 Å². The van der Waals surface area contributed by atoms with E-state index in [1.165, 1.54) is 5.57 Å². The van der Waals surface area contributed by atoms with E-state index in [2.05, 4.69) is 25.2 Å². The summed E-state index contributed by atoms with van der Waals surface area (Å²) in [5.41, 5.74) is 1.37. The molecular formula is C10H19NO. The molecule has 0 aliphatic carbocycles.